The van der Waals surface area contributed by atoms with E-state index in [9.17, 15) is 4.79 Å². The molecule has 3 aliphatic carbocycles. The van der Waals surface area contributed by atoms with Crippen LogP contribution in [0.3, 0.4) is 0 Å². The van der Waals surface area contributed by atoms with E-state index in [4.69, 9.17) is 32.4 Å². The van der Waals surface area contributed by atoms with Crippen molar-refractivity contribution in [3.05, 3.63) is 59.7 Å². The Balaban J connectivity index is 0.000000439. The van der Waals surface area contributed by atoms with Gasteiger partial charge in [0.1, 0.15) is 5.82 Å². The molecule has 1 aromatic carbocycles. The van der Waals surface area contributed by atoms with Gasteiger partial charge in [0.2, 0.25) is 0 Å². The van der Waals surface area contributed by atoms with Crippen molar-refractivity contribution >= 4 is 35.3 Å². The number of carbonyl (C=O) groups is 1. The smallest absolute Gasteiger partial charge is 0.563 e. The summed E-state index contributed by atoms with van der Waals surface area (Å²) in [4.78, 5) is 23.7. The van der Waals surface area contributed by atoms with Gasteiger partial charge in [0.15, 0.2) is 5.65 Å². The number of imidazole rings is 1. The molecule has 0 amide bonds. The molecule has 3 heterocycles. The van der Waals surface area contributed by atoms with E-state index in [0.717, 1.165) is 71.0 Å². The summed E-state index contributed by atoms with van der Waals surface area (Å²) < 4.78 is 13.1. The van der Waals surface area contributed by atoms with Gasteiger partial charge >= 0.3 is 29.6 Å². The van der Waals surface area contributed by atoms with Crippen LogP contribution < -0.4 is 35.3 Å². The van der Waals surface area contributed by atoms with E-state index in [1.165, 1.54) is 25.6 Å². The molecule has 0 saturated heterocycles. The summed E-state index contributed by atoms with van der Waals surface area (Å²) >= 11 is 0. The second-order valence-corrected chi connectivity index (χ2v) is 12.1. The minimum atomic E-state index is -0.197. The van der Waals surface area contributed by atoms with E-state index in [0.29, 0.717) is 36.2 Å². The van der Waals surface area contributed by atoms with Gasteiger partial charge in [-0.2, -0.15) is 5.10 Å². The number of carbonyl (C=O) groups excluding carboxylic acids is 1. The zero-order valence-electron chi connectivity index (χ0n) is 28.3. The summed E-state index contributed by atoms with van der Waals surface area (Å²) in [5.41, 5.74) is 13.5. The van der Waals surface area contributed by atoms with Crippen LogP contribution in [0.25, 0.3) is 33.7 Å². The van der Waals surface area contributed by atoms with Crippen molar-refractivity contribution in [1.82, 2.24) is 24.3 Å². The van der Waals surface area contributed by atoms with Gasteiger partial charge in [-0.05, 0) is 50.7 Å². The minimum Gasteiger partial charge on any atom is -0.563 e. The fourth-order valence-electron chi connectivity index (χ4n) is 5.17. The third-order valence-electron chi connectivity index (χ3n) is 8.21. The molecule has 0 spiro atoms. The van der Waals surface area contributed by atoms with Crippen molar-refractivity contribution in [2.75, 3.05) is 19.5 Å². The quantitative estimate of drug-likeness (QED) is 0.0709. The number of fused-ring (bicyclic) bond motifs is 1. The predicted octanol–water partition coefficient (Wildman–Crippen LogP) is 3.33. The summed E-state index contributed by atoms with van der Waals surface area (Å²) in [7, 11) is 5.40. The average Bonchev–Trinajstić information content (AvgIpc) is 3.94. The Labute approximate surface area is 298 Å². The molecule has 0 radical (unpaired) electrons. The molecule has 0 atom stereocenters. The van der Waals surface area contributed by atoms with E-state index >= 15 is 0 Å². The van der Waals surface area contributed by atoms with E-state index in [1.54, 1.807) is 13.1 Å². The van der Waals surface area contributed by atoms with E-state index < -0.39 is 0 Å². The molecule has 47 heavy (non-hydrogen) atoms. The van der Waals surface area contributed by atoms with Crippen molar-refractivity contribution in [3.63, 3.8) is 0 Å². The number of anilines is 1. The molecule has 3 fully saturated rings. The number of aliphatic imine (C=N–C) groups is 1. The first-order valence-electron chi connectivity index (χ1n) is 15.8. The number of methoxy groups -OCH3 is 1. The van der Waals surface area contributed by atoms with Crippen molar-refractivity contribution in [2.24, 2.45) is 25.0 Å². The van der Waals surface area contributed by atoms with Gasteiger partial charge in [-0.1, -0.05) is 37.6 Å². The van der Waals surface area contributed by atoms with E-state index in [-0.39, 0.29) is 41.2 Å². The van der Waals surface area contributed by atoms with Crippen LogP contribution in [-0.2, 0) is 28.4 Å². The van der Waals surface area contributed by atoms with Crippen molar-refractivity contribution in [3.8, 4) is 22.6 Å². The summed E-state index contributed by atoms with van der Waals surface area (Å²) in [6.07, 6.45) is 11.1. The molecular weight excluding hydrogens is 603 g/mol. The van der Waals surface area contributed by atoms with Crippen LogP contribution in [0.15, 0.2) is 41.2 Å². The largest absolute Gasteiger partial charge is 1.00 e. The second-order valence-electron chi connectivity index (χ2n) is 12.1. The summed E-state index contributed by atoms with van der Waals surface area (Å²) in [5.74, 6) is 2.66. The summed E-state index contributed by atoms with van der Waals surface area (Å²) in [5, 5.41) is 13.3. The van der Waals surface area contributed by atoms with Crippen molar-refractivity contribution in [1.29, 1.82) is 5.41 Å². The predicted molar refractivity (Wildman–Crippen MR) is 181 cm³/mol. The first kappa shape index (κ1) is 36.0. The number of nitrogen functional groups attached to an aromatic ring is 1. The van der Waals surface area contributed by atoms with Crippen molar-refractivity contribution < 1.29 is 43.8 Å². The molecule has 3 N–H and O–H groups in total. The maximum Gasteiger partial charge on any atom is 1.00 e. The molecule has 3 aliphatic rings. The van der Waals surface area contributed by atoms with Crippen LogP contribution in [0.2, 0.25) is 0 Å². The third-order valence-corrected chi connectivity index (χ3v) is 8.21. The fourth-order valence-corrected chi connectivity index (χ4v) is 5.17. The van der Waals surface area contributed by atoms with Crippen LogP contribution in [0.1, 0.15) is 81.2 Å². The second kappa shape index (κ2) is 15.9. The first-order chi connectivity index (χ1) is 22.2. The molecule has 12 heteroatoms. The molecule has 0 aliphatic heterocycles. The Morgan fingerprint density at radius 3 is 2.36 bits per heavy atom. The van der Waals surface area contributed by atoms with Crippen molar-refractivity contribution in [2.45, 2.75) is 64.2 Å². The SMILES string of the molecule is CC1CC1.CCOC=O.[CH-]=C(N=Cc1c(N)cccc1-c1nc(-c2cc3cn(C)nc3nc2C2CC2)n(C)c1C1CC1)C(=N)OC.[Na+]. The van der Waals surface area contributed by atoms with Crippen LogP contribution >= 0.6 is 0 Å². The number of nitrogens with one attached hydrogen (secondary N) is 1. The number of aromatic nitrogens is 5. The Bertz CT molecular complexity index is 1780. The Morgan fingerprint density at radius 2 is 1.81 bits per heavy atom. The van der Waals surface area contributed by atoms with Gasteiger partial charge in [-0.25, -0.2) is 9.97 Å². The third kappa shape index (κ3) is 8.77. The van der Waals surface area contributed by atoms with Gasteiger partial charge in [-0.3, -0.25) is 21.0 Å². The molecule has 242 valence electrons. The van der Waals surface area contributed by atoms with Gasteiger partial charge in [0.05, 0.1) is 31.0 Å². The number of aryl methyl sites for hydroxylation is 1. The number of benzene rings is 1. The summed E-state index contributed by atoms with van der Waals surface area (Å²) in [6.45, 7) is 10.8. The number of pyridine rings is 1. The number of hydrogen-bond donors (Lipinski definition) is 2. The molecule has 4 aromatic rings. The summed E-state index contributed by atoms with van der Waals surface area (Å²) in [6, 6.07) is 7.95. The van der Waals surface area contributed by atoms with Crippen LogP contribution in [0.4, 0.5) is 5.69 Å². The molecular formula is C35H43N8NaO3. The zero-order chi connectivity index (χ0) is 33.0. The number of rotatable bonds is 9. The maximum atomic E-state index is 9.18. The van der Waals surface area contributed by atoms with E-state index in [2.05, 4.69) is 39.4 Å². The Kier molecular flexibility index (Phi) is 12.2. The Hall–Kier alpha value is -3.80. The van der Waals surface area contributed by atoms with Crippen LogP contribution in [0, 0.1) is 17.9 Å². The zero-order valence-corrected chi connectivity index (χ0v) is 30.3. The number of hydrogen-bond acceptors (Lipinski definition) is 9. The maximum absolute atomic E-state index is 9.18. The fraction of sp³-hybridized carbons (Fsp3) is 0.429. The number of nitrogens with two attached hydrogens (primary N) is 1. The average molecular weight is 647 g/mol. The topological polar surface area (TPSA) is 146 Å². The molecule has 11 nitrogen and oxygen atoms in total. The molecule has 3 saturated carbocycles. The molecule has 3 aromatic heterocycles. The van der Waals surface area contributed by atoms with Gasteiger partial charge in [0.25, 0.3) is 6.47 Å². The molecule has 0 bridgehead atoms. The Morgan fingerprint density at radius 1 is 1.13 bits per heavy atom. The normalized spacial score (nSPS) is 15.2. The molecule has 7 rings (SSSR count). The standard InChI is InChI=1S/C28H29N8O.C4H8.C3H6O2.Na/c1-15(26(30)37-4)31-13-21-19(6-5-7-22(21)29)24-25(17-10-11-17)36(3)28(33-24)20-12-18-14-35(2)34-27(18)32-23(20)16-8-9-16;1-4-2-3-4;1-2-5-3-4;/h1,5-7,12-14,16-17,30H,8-11,29H2,2-4H3;4H,2-3H2,1H3;3H,2H2,1H3;/q-1;;;+1. The first-order valence-corrected chi connectivity index (χ1v) is 15.8. The number of ether oxygens (including phenoxy) is 2. The van der Waals surface area contributed by atoms with Crippen LogP contribution in [-0.4, -0.2) is 56.6 Å². The van der Waals surface area contributed by atoms with Gasteiger partial charge in [0, 0.05) is 71.8 Å². The number of nitrogens with zero attached hydrogens (tertiary/aromatic N) is 6. The molecule has 0 unspecified atom stereocenters. The van der Waals surface area contributed by atoms with E-state index in [1.807, 2.05) is 36.1 Å². The van der Waals surface area contributed by atoms with Crippen LogP contribution in [0.5, 0.6) is 0 Å². The van der Waals surface area contributed by atoms with Gasteiger partial charge < -0.3 is 25.2 Å². The minimum absolute atomic E-state index is 0. The van der Waals surface area contributed by atoms with Gasteiger partial charge in [-0.15, -0.1) is 0 Å². The monoisotopic (exact) mass is 646 g/mol.